The summed E-state index contributed by atoms with van der Waals surface area (Å²) in [5.74, 6) is 0.802. The second kappa shape index (κ2) is 5.92. The van der Waals surface area contributed by atoms with Gasteiger partial charge in [0.25, 0.3) is 0 Å². The van der Waals surface area contributed by atoms with E-state index in [9.17, 15) is 0 Å². The number of hydrogen-bond donors (Lipinski definition) is 0. The Morgan fingerprint density at radius 2 is 2.21 bits per heavy atom. The van der Waals surface area contributed by atoms with E-state index in [1.807, 2.05) is 19.5 Å². The van der Waals surface area contributed by atoms with Crippen molar-refractivity contribution in [1.82, 2.24) is 4.90 Å². The minimum absolute atomic E-state index is 0.802. The van der Waals surface area contributed by atoms with E-state index in [2.05, 4.69) is 9.89 Å². The van der Waals surface area contributed by atoms with Crippen LogP contribution in [0.2, 0.25) is 0 Å². The third-order valence-corrected chi connectivity index (χ3v) is 3.43. The van der Waals surface area contributed by atoms with Crippen molar-refractivity contribution in [1.29, 1.82) is 5.26 Å². The molecular weight excluding hydrogens is 194 g/mol. The molecule has 1 saturated carbocycles. The van der Waals surface area contributed by atoms with Crippen LogP contribution < -0.4 is 0 Å². The average molecular weight is 211 g/mol. The second-order valence-electron chi connectivity index (χ2n) is 3.73. The number of hydrogen-bond acceptors (Lipinski definition) is 3. The summed E-state index contributed by atoms with van der Waals surface area (Å²) in [5, 5.41) is 9.33. The molecule has 3 nitrogen and oxygen atoms in total. The van der Waals surface area contributed by atoms with Crippen LogP contribution in [-0.2, 0) is 0 Å². The van der Waals surface area contributed by atoms with Crippen LogP contribution in [0.5, 0.6) is 0 Å². The number of rotatable bonds is 2. The van der Waals surface area contributed by atoms with Crippen LogP contribution in [0.15, 0.2) is 4.99 Å². The van der Waals surface area contributed by atoms with Crippen LogP contribution in [0, 0.1) is 17.4 Å². The fourth-order valence-electron chi connectivity index (χ4n) is 1.99. The first kappa shape index (κ1) is 11.4. The van der Waals surface area contributed by atoms with Crippen LogP contribution in [0.4, 0.5) is 0 Å². The third kappa shape index (κ3) is 3.22. The first-order valence-electron chi connectivity index (χ1n) is 4.99. The van der Waals surface area contributed by atoms with E-state index >= 15 is 0 Å². The fourth-order valence-corrected chi connectivity index (χ4v) is 2.51. The third-order valence-electron chi connectivity index (χ3n) is 2.66. The van der Waals surface area contributed by atoms with Crippen LogP contribution in [-0.4, -0.2) is 29.9 Å². The number of thioether (sulfide) groups is 1. The first-order valence-corrected chi connectivity index (χ1v) is 6.22. The molecule has 0 saturated heterocycles. The minimum Gasteiger partial charge on any atom is -0.353 e. The molecule has 78 valence electrons. The van der Waals surface area contributed by atoms with Crippen LogP contribution in [0.3, 0.4) is 0 Å². The summed E-state index contributed by atoms with van der Waals surface area (Å²) in [5.41, 5.74) is 0. The molecule has 0 aromatic rings. The van der Waals surface area contributed by atoms with Gasteiger partial charge in [-0.1, -0.05) is 24.6 Å². The Balaban J connectivity index is 2.43. The SMILES string of the molecule is CSC(=NC#N)N(C)CC1CCCC1. The van der Waals surface area contributed by atoms with Crippen molar-refractivity contribution in [2.75, 3.05) is 19.8 Å². The number of nitrogens with zero attached hydrogens (tertiary/aromatic N) is 3. The maximum absolute atomic E-state index is 8.50. The zero-order valence-corrected chi connectivity index (χ0v) is 9.68. The molecule has 0 atom stereocenters. The standard InChI is InChI=1S/C10H17N3S/c1-13(10(14-2)12-8-11)7-9-5-3-4-6-9/h9H,3-7H2,1-2H3. The molecule has 0 amide bonds. The number of aliphatic imine (C=N–C) groups is 1. The topological polar surface area (TPSA) is 39.4 Å². The Morgan fingerprint density at radius 1 is 1.57 bits per heavy atom. The lowest BCUT2D eigenvalue weighted by atomic mass is 10.1. The van der Waals surface area contributed by atoms with Crippen molar-refractivity contribution >= 4 is 16.9 Å². The highest BCUT2D eigenvalue weighted by Gasteiger charge is 2.18. The molecule has 0 unspecified atom stereocenters. The second-order valence-corrected chi connectivity index (χ2v) is 4.50. The molecule has 4 heteroatoms. The molecule has 0 aromatic carbocycles. The minimum atomic E-state index is 0.802. The van der Waals surface area contributed by atoms with Gasteiger partial charge in [0.05, 0.1) is 0 Å². The summed E-state index contributed by atoms with van der Waals surface area (Å²) in [6.07, 6.45) is 9.20. The summed E-state index contributed by atoms with van der Waals surface area (Å²) in [4.78, 5) is 5.90. The Morgan fingerprint density at radius 3 is 2.71 bits per heavy atom. The summed E-state index contributed by atoms with van der Waals surface area (Å²) in [6, 6.07) is 0. The average Bonchev–Trinajstić information content (AvgIpc) is 2.66. The fraction of sp³-hybridized carbons (Fsp3) is 0.800. The smallest absolute Gasteiger partial charge is 0.208 e. The first-order chi connectivity index (χ1) is 6.77. The van der Waals surface area contributed by atoms with Crippen molar-refractivity contribution in [3.8, 4) is 6.19 Å². The van der Waals surface area contributed by atoms with Crippen LogP contribution in [0.25, 0.3) is 0 Å². The zero-order chi connectivity index (χ0) is 10.4. The van der Waals surface area contributed by atoms with Gasteiger partial charge in [-0.05, 0) is 25.0 Å². The highest BCUT2D eigenvalue weighted by Crippen LogP contribution is 2.25. The highest BCUT2D eigenvalue weighted by molar-refractivity contribution is 8.13. The van der Waals surface area contributed by atoms with E-state index in [1.54, 1.807) is 0 Å². The molecule has 1 aliphatic carbocycles. The van der Waals surface area contributed by atoms with Crippen molar-refractivity contribution in [3.05, 3.63) is 0 Å². The molecule has 0 aliphatic heterocycles. The zero-order valence-electron chi connectivity index (χ0n) is 8.86. The Hall–Kier alpha value is -0.690. The van der Waals surface area contributed by atoms with Gasteiger partial charge in [-0.15, -0.1) is 4.99 Å². The van der Waals surface area contributed by atoms with E-state index in [4.69, 9.17) is 5.26 Å². The monoisotopic (exact) mass is 211 g/mol. The van der Waals surface area contributed by atoms with Gasteiger partial charge in [-0.25, -0.2) is 0 Å². The summed E-state index contributed by atoms with van der Waals surface area (Å²) in [6.45, 7) is 1.04. The van der Waals surface area contributed by atoms with Gasteiger partial charge in [-0.2, -0.15) is 5.26 Å². The highest BCUT2D eigenvalue weighted by atomic mass is 32.2. The number of nitriles is 1. The van der Waals surface area contributed by atoms with E-state index in [0.29, 0.717) is 0 Å². The molecule has 0 heterocycles. The van der Waals surface area contributed by atoms with Gasteiger partial charge in [0, 0.05) is 13.6 Å². The molecular formula is C10H17N3S. The largest absolute Gasteiger partial charge is 0.353 e. The summed E-state index contributed by atoms with van der Waals surface area (Å²) >= 11 is 1.54. The molecule has 1 rings (SSSR count). The lowest BCUT2D eigenvalue weighted by Crippen LogP contribution is -2.28. The molecule has 0 bridgehead atoms. The lowest BCUT2D eigenvalue weighted by molar-refractivity contribution is 0.394. The Labute approximate surface area is 90.2 Å². The van der Waals surface area contributed by atoms with Crippen LogP contribution >= 0.6 is 11.8 Å². The van der Waals surface area contributed by atoms with Gasteiger partial charge in [0.2, 0.25) is 6.19 Å². The van der Waals surface area contributed by atoms with E-state index < -0.39 is 0 Å². The molecule has 1 aliphatic rings. The van der Waals surface area contributed by atoms with Crippen molar-refractivity contribution in [2.45, 2.75) is 25.7 Å². The molecule has 14 heavy (non-hydrogen) atoms. The van der Waals surface area contributed by atoms with E-state index in [0.717, 1.165) is 17.6 Å². The van der Waals surface area contributed by atoms with Gasteiger partial charge in [0.15, 0.2) is 5.17 Å². The molecule has 0 spiro atoms. The van der Waals surface area contributed by atoms with Gasteiger partial charge in [0.1, 0.15) is 0 Å². The van der Waals surface area contributed by atoms with Gasteiger partial charge < -0.3 is 4.90 Å². The molecule has 0 N–H and O–H groups in total. The molecule has 1 fully saturated rings. The summed E-state index contributed by atoms with van der Waals surface area (Å²) < 4.78 is 0. The number of amidine groups is 1. The molecule has 0 aromatic heterocycles. The maximum atomic E-state index is 8.50. The van der Waals surface area contributed by atoms with E-state index in [1.165, 1.54) is 37.4 Å². The predicted molar refractivity (Wildman–Crippen MR) is 61.2 cm³/mol. The van der Waals surface area contributed by atoms with Crippen molar-refractivity contribution in [3.63, 3.8) is 0 Å². The lowest BCUT2D eigenvalue weighted by Gasteiger charge is -2.22. The predicted octanol–water partition coefficient (Wildman–Crippen LogP) is 2.31. The summed E-state index contributed by atoms with van der Waals surface area (Å²) in [7, 11) is 2.02. The Bertz CT molecular complexity index is 238. The van der Waals surface area contributed by atoms with Crippen LogP contribution in [0.1, 0.15) is 25.7 Å². The molecule has 0 radical (unpaired) electrons. The van der Waals surface area contributed by atoms with Gasteiger partial charge in [-0.3, -0.25) is 0 Å². The quantitative estimate of drug-likeness (QED) is 0.400. The Kier molecular flexibility index (Phi) is 4.81. The van der Waals surface area contributed by atoms with Crippen molar-refractivity contribution in [2.24, 2.45) is 10.9 Å². The maximum Gasteiger partial charge on any atom is 0.208 e. The van der Waals surface area contributed by atoms with Crippen molar-refractivity contribution < 1.29 is 0 Å². The van der Waals surface area contributed by atoms with E-state index in [-0.39, 0.29) is 0 Å². The van der Waals surface area contributed by atoms with Gasteiger partial charge >= 0.3 is 0 Å². The normalized spacial score (nSPS) is 18.2.